The van der Waals surface area contributed by atoms with E-state index in [1.165, 1.54) is 18.3 Å². The van der Waals surface area contributed by atoms with Crippen molar-refractivity contribution in [1.82, 2.24) is 10.2 Å². The van der Waals surface area contributed by atoms with Crippen molar-refractivity contribution in [3.8, 4) is 11.5 Å². The lowest BCUT2D eigenvalue weighted by molar-refractivity contribution is -0.384. The molecule has 0 atom stereocenters. The van der Waals surface area contributed by atoms with Gasteiger partial charge in [0.2, 0.25) is 6.79 Å². The lowest BCUT2D eigenvalue weighted by Crippen LogP contribution is -2.13. The molecule has 1 aliphatic heterocycles. The number of carbonyl (C=O) groups excluding carboxylic acids is 1. The molecule has 0 saturated heterocycles. The predicted octanol–water partition coefficient (Wildman–Crippen LogP) is 1.61. The number of hydrogen-bond donors (Lipinski definition) is 2. The van der Waals surface area contributed by atoms with E-state index in [9.17, 15) is 14.9 Å². The summed E-state index contributed by atoms with van der Waals surface area (Å²) in [6, 6.07) is 2.59. The Morgan fingerprint density at radius 1 is 1.43 bits per heavy atom. The molecule has 0 fully saturated rings. The van der Waals surface area contributed by atoms with E-state index in [-0.39, 0.29) is 23.9 Å². The zero-order valence-corrected chi connectivity index (χ0v) is 10.9. The summed E-state index contributed by atoms with van der Waals surface area (Å²) in [6.07, 6.45) is 1.35. The molecule has 3 rings (SSSR count). The second kappa shape index (κ2) is 4.78. The van der Waals surface area contributed by atoms with Crippen molar-refractivity contribution >= 4 is 17.3 Å². The highest BCUT2D eigenvalue weighted by molar-refractivity contribution is 6.06. The number of anilines is 1. The van der Waals surface area contributed by atoms with Gasteiger partial charge in [-0.05, 0) is 6.92 Å². The SMILES string of the molecule is Cc1[nH]ncc1C(=O)Nc1cc2c(cc1[N+](=O)[O-])OCO2. The van der Waals surface area contributed by atoms with Crippen LogP contribution in [0, 0.1) is 17.0 Å². The van der Waals surface area contributed by atoms with Gasteiger partial charge in [0.05, 0.1) is 22.7 Å². The van der Waals surface area contributed by atoms with E-state index in [1.807, 2.05) is 0 Å². The van der Waals surface area contributed by atoms with Gasteiger partial charge in [0.1, 0.15) is 5.69 Å². The van der Waals surface area contributed by atoms with Gasteiger partial charge in [-0.2, -0.15) is 5.10 Å². The molecule has 9 nitrogen and oxygen atoms in total. The molecule has 2 N–H and O–H groups in total. The molecular weight excluding hydrogens is 280 g/mol. The third kappa shape index (κ3) is 2.24. The molecule has 9 heteroatoms. The number of ether oxygens (including phenoxy) is 2. The van der Waals surface area contributed by atoms with Crippen molar-refractivity contribution < 1.29 is 19.2 Å². The van der Waals surface area contributed by atoms with E-state index < -0.39 is 10.8 Å². The summed E-state index contributed by atoms with van der Waals surface area (Å²) in [5.41, 5.74) is 0.640. The normalized spacial score (nSPS) is 12.2. The van der Waals surface area contributed by atoms with E-state index in [0.29, 0.717) is 17.0 Å². The zero-order valence-electron chi connectivity index (χ0n) is 10.9. The standard InChI is InChI=1S/C12H10N4O5/c1-6-7(4-13-15-6)12(17)14-8-2-10-11(21-5-20-10)3-9(8)16(18)19/h2-4H,5H2,1H3,(H,13,15)(H,14,17). The summed E-state index contributed by atoms with van der Waals surface area (Å²) in [7, 11) is 0. The average Bonchev–Trinajstić information content (AvgIpc) is 3.05. The highest BCUT2D eigenvalue weighted by atomic mass is 16.7. The van der Waals surface area contributed by atoms with Gasteiger partial charge in [0.25, 0.3) is 11.6 Å². The van der Waals surface area contributed by atoms with Crippen LogP contribution in [0.2, 0.25) is 0 Å². The predicted molar refractivity (Wildman–Crippen MR) is 70.5 cm³/mol. The van der Waals surface area contributed by atoms with Crippen molar-refractivity contribution in [2.75, 3.05) is 12.1 Å². The molecule has 108 valence electrons. The first-order valence-corrected chi connectivity index (χ1v) is 5.95. The topological polar surface area (TPSA) is 119 Å². The number of aryl methyl sites for hydroxylation is 1. The van der Waals surface area contributed by atoms with Gasteiger partial charge >= 0.3 is 0 Å². The first-order chi connectivity index (χ1) is 10.1. The third-order valence-corrected chi connectivity index (χ3v) is 3.01. The quantitative estimate of drug-likeness (QED) is 0.654. The molecule has 1 aliphatic rings. The Labute approximate surface area is 118 Å². The van der Waals surface area contributed by atoms with Crippen LogP contribution >= 0.6 is 0 Å². The molecule has 21 heavy (non-hydrogen) atoms. The number of nitro benzene ring substituents is 1. The Hall–Kier alpha value is -3.10. The lowest BCUT2D eigenvalue weighted by Gasteiger charge is -2.06. The molecule has 1 aromatic carbocycles. The highest BCUT2D eigenvalue weighted by Crippen LogP contribution is 2.40. The van der Waals surface area contributed by atoms with E-state index in [0.717, 1.165) is 0 Å². The second-order valence-electron chi connectivity index (χ2n) is 4.34. The van der Waals surface area contributed by atoms with Crippen LogP contribution in [0.5, 0.6) is 11.5 Å². The fourth-order valence-electron chi connectivity index (χ4n) is 1.95. The summed E-state index contributed by atoms with van der Waals surface area (Å²) in [4.78, 5) is 22.6. The number of fused-ring (bicyclic) bond motifs is 1. The Kier molecular flexibility index (Phi) is 2.94. The van der Waals surface area contributed by atoms with Crippen LogP contribution in [0.1, 0.15) is 16.1 Å². The minimum absolute atomic E-state index is 0.00920. The van der Waals surface area contributed by atoms with Crippen LogP contribution in [0.3, 0.4) is 0 Å². The van der Waals surface area contributed by atoms with Crippen molar-refractivity contribution in [3.05, 3.63) is 39.7 Å². The molecular formula is C12H10N4O5. The van der Waals surface area contributed by atoms with Gasteiger partial charge in [0, 0.05) is 11.8 Å². The summed E-state index contributed by atoms with van der Waals surface area (Å²) in [5.74, 6) is 0.127. The smallest absolute Gasteiger partial charge is 0.296 e. The van der Waals surface area contributed by atoms with Gasteiger partial charge in [-0.15, -0.1) is 0 Å². The molecule has 2 aromatic rings. The fourth-order valence-corrected chi connectivity index (χ4v) is 1.95. The zero-order chi connectivity index (χ0) is 15.0. The molecule has 0 unspecified atom stereocenters. The number of hydrogen-bond acceptors (Lipinski definition) is 6. The summed E-state index contributed by atoms with van der Waals surface area (Å²) >= 11 is 0. The maximum Gasteiger partial charge on any atom is 0.296 e. The molecule has 0 radical (unpaired) electrons. The maximum absolute atomic E-state index is 12.1. The van der Waals surface area contributed by atoms with Crippen LogP contribution in [0.25, 0.3) is 0 Å². The number of nitro groups is 1. The van der Waals surface area contributed by atoms with Crippen molar-refractivity contribution in [3.63, 3.8) is 0 Å². The number of amides is 1. The van der Waals surface area contributed by atoms with Gasteiger partial charge in [-0.25, -0.2) is 0 Å². The van der Waals surface area contributed by atoms with Gasteiger partial charge in [-0.3, -0.25) is 20.0 Å². The molecule has 0 spiro atoms. The number of H-pyrrole nitrogens is 1. The van der Waals surface area contributed by atoms with E-state index in [1.54, 1.807) is 6.92 Å². The van der Waals surface area contributed by atoms with Crippen LogP contribution < -0.4 is 14.8 Å². The molecule has 1 aromatic heterocycles. The Morgan fingerprint density at radius 3 is 2.76 bits per heavy atom. The van der Waals surface area contributed by atoms with Crippen molar-refractivity contribution in [2.24, 2.45) is 0 Å². The number of rotatable bonds is 3. The fraction of sp³-hybridized carbons (Fsp3) is 0.167. The third-order valence-electron chi connectivity index (χ3n) is 3.01. The first-order valence-electron chi connectivity index (χ1n) is 5.95. The summed E-state index contributed by atoms with van der Waals surface area (Å²) < 4.78 is 10.2. The van der Waals surface area contributed by atoms with Gasteiger partial charge in [0.15, 0.2) is 11.5 Å². The van der Waals surface area contributed by atoms with E-state index in [2.05, 4.69) is 15.5 Å². The Bertz CT molecular complexity index is 739. The summed E-state index contributed by atoms with van der Waals surface area (Å²) in [5, 5.41) is 19.9. The minimum atomic E-state index is -0.597. The molecule has 0 saturated carbocycles. The Morgan fingerprint density at radius 2 is 2.14 bits per heavy atom. The van der Waals surface area contributed by atoms with Crippen molar-refractivity contribution in [2.45, 2.75) is 6.92 Å². The monoisotopic (exact) mass is 290 g/mol. The van der Waals surface area contributed by atoms with E-state index in [4.69, 9.17) is 9.47 Å². The van der Waals surface area contributed by atoms with E-state index >= 15 is 0 Å². The van der Waals surface area contributed by atoms with Crippen LogP contribution in [-0.4, -0.2) is 27.8 Å². The van der Waals surface area contributed by atoms with Gasteiger partial charge in [-0.1, -0.05) is 0 Å². The van der Waals surface area contributed by atoms with Crippen molar-refractivity contribution in [1.29, 1.82) is 0 Å². The number of nitrogens with one attached hydrogen (secondary N) is 2. The number of benzene rings is 1. The number of aromatic amines is 1. The number of carbonyl (C=O) groups is 1. The largest absolute Gasteiger partial charge is 0.454 e. The van der Waals surface area contributed by atoms with Crippen LogP contribution in [0.15, 0.2) is 18.3 Å². The lowest BCUT2D eigenvalue weighted by atomic mass is 10.2. The first kappa shape index (κ1) is 12.9. The maximum atomic E-state index is 12.1. The molecule has 2 heterocycles. The molecule has 1 amide bonds. The number of nitrogens with zero attached hydrogens (tertiary/aromatic N) is 2. The van der Waals surface area contributed by atoms with Crippen LogP contribution in [-0.2, 0) is 0 Å². The summed E-state index contributed by atoms with van der Waals surface area (Å²) in [6.45, 7) is 1.67. The highest BCUT2D eigenvalue weighted by Gasteiger charge is 2.25. The number of aromatic nitrogens is 2. The Balaban J connectivity index is 1.96. The van der Waals surface area contributed by atoms with Gasteiger partial charge < -0.3 is 14.8 Å². The molecule has 0 bridgehead atoms. The average molecular weight is 290 g/mol. The molecule has 0 aliphatic carbocycles. The minimum Gasteiger partial charge on any atom is -0.454 e. The van der Waals surface area contributed by atoms with Crippen LogP contribution in [0.4, 0.5) is 11.4 Å². The second-order valence-corrected chi connectivity index (χ2v) is 4.34.